The highest BCUT2D eigenvalue weighted by Crippen LogP contribution is 2.26. The number of amides is 2. The molecule has 0 bridgehead atoms. The number of carbonyl (C=O) groups excluding carboxylic acids is 4. The lowest BCUT2D eigenvalue weighted by Gasteiger charge is -2.30. The van der Waals surface area contributed by atoms with Crippen LogP contribution in [0.1, 0.15) is 103 Å². The van der Waals surface area contributed by atoms with E-state index in [1.807, 2.05) is 5.32 Å². The van der Waals surface area contributed by atoms with Crippen LogP contribution in [0.15, 0.2) is 36.4 Å². The molecule has 0 saturated carbocycles. The summed E-state index contributed by atoms with van der Waals surface area (Å²) in [5.74, 6) is -1.88. The fourth-order valence-corrected chi connectivity index (χ4v) is 5.23. The Hall–Kier alpha value is -4.70. The smallest absolute Gasteiger partial charge is 0.337 e. The second-order valence-electron chi connectivity index (χ2n) is 12.3. The molecule has 0 saturated heterocycles. The standard InChI is InChI=1S/C38H54N2O11/c1-4-6-8-11-14-17-29(41)18-15-12-9-10-13-16-19-31(38(49,37(47)48)26-33(42)39-27-34(43)44)35(45)40-32(36(46)50-3)25-28-20-22-30(23-21-28)51-24-7-5-2/h16,19-23,31-32,49H,4,6,8-15,17-18,24-27H2,1-3H3,(H,39,42)(H,40,45)(H,43,44)(H,47,48)/t31-,32+,38+/m1/s1. The number of ketones is 1. The summed E-state index contributed by atoms with van der Waals surface area (Å²) in [7, 11) is 1.12. The van der Waals surface area contributed by atoms with E-state index in [0.717, 1.165) is 52.1 Å². The quantitative estimate of drug-likeness (QED) is 0.0379. The maximum Gasteiger partial charge on any atom is 0.337 e. The van der Waals surface area contributed by atoms with Gasteiger partial charge < -0.3 is 35.4 Å². The molecular formula is C38H54N2O11. The predicted molar refractivity (Wildman–Crippen MR) is 190 cm³/mol. The Morgan fingerprint density at radius 3 is 2.12 bits per heavy atom. The van der Waals surface area contributed by atoms with Crippen molar-refractivity contribution in [2.75, 3.05) is 20.3 Å². The van der Waals surface area contributed by atoms with Crippen LogP contribution in [0.2, 0.25) is 0 Å². The third kappa shape index (κ3) is 18.2. The zero-order chi connectivity index (χ0) is 38.1. The van der Waals surface area contributed by atoms with Gasteiger partial charge >= 0.3 is 17.9 Å². The maximum atomic E-state index is 13.7. The van der Waals surface area contributed by atoms with Crippen LogP contribution in [-0.4, -0.2) is 82.7 Å². The first kappa shape index (κ1) is 44.3. The van der Waals surface area contributed by atoms with E-state index >= 15 is 0 Å². The molecule has 1 aromatic rings. The van der Waals surface area contributed by atoms with Gasteiger partial charge in [0, 0.05) is 19.3 Å². The van der Waals surface area contributed by atoms with Crippen LogP contribution in [0.25, 0.3) is 0 Å². The number of nitrogens with one attached hydrogen (secondary N) is 2. The summed E-state index contributed by atoms with van der Waals surface area (Å²) in [5, 5.41) is 34.7. The summed E-state index contributed by atoms with van der Waals surface area (Å²) in [6.45, 7) is 3.19. The van der Waals surface area contributed by atoms with Crippen LogP contribution in [0.5, 0.6) is 5.75 Å². The third-order valence-electron chi connectivity index (χ3n) is 8.15. The number of allylic oxidation sites excluding steroid dienone is 1. The summed E-state index contributed by atoms with van der Waals surface area (Å²) in [5.41, 5.74) is -2.40. The molecule has 2 amide bonds. The fourth-order valence-electron chi connectivity index (χ4n) is 5.23. The number of unbranched alkanes of at least 4 members (excludes halogenated alkanes) is 8. The predicted octanol–water partition coefficient (Wildman–Crippen LogP) is 4.14. The Bertz CT molecular complexity index is 1360. The van der Waals surface area contributed by atoms with Crippen LogP contribution in [0, 0.1) is 17.8 Å². The van der Waals surface area contributed by atoms with Gasteiger partial charge in [0.25, 0.3) is 0 Å². The molecule has 0 spiro atoms. The Morgan fingerprint density at radius 2 is 1.55 bits per heavy atom. The molecule has 0 radical (unpaired) electrons. The lowest BCUT2D eigenvalue weighted by atomic mass is 9.82. The number of aliphatic hydroxyl groups is 1. The van der Waals surface area contributed by atoms with E-state index in [2.05, 4.69) is 24.1 Å². The first-order valence-electron chi connectivity index (χ1n) is 17.5. The molecule has 0 aromatic heterocycles. The number of ether oxygens (including phenoxy) is 2. The largest absolute Gasteiger partial charge is 0.481 e. The first-order valence-corrected chi connectivity index (χ1v) is 17.5. The van der Waals surface area contributed by atoms with Gasteiger partial charge in [0.15, 0.2) is 5.60 Å². The molecule has 1 rings (SSSR count). The van der Waals surface area contributed by atoms with E-state index < -0.39 is 60.2 Å². The summed E-state index contributed by atoms with van der Waals surface area (Å²) in [4.78, 5) is 74.3. The van der Waals surface area contributed by atoms with E-state index in [-0.39, 0.29) is 18.8 Å². The Kier molecular flexibility index (Phi) is 22.0. The highest BCUT2D eigenvalue weighted by atomic mass is 16.5. The molecule has 0 heterocycles. The number of esters is 1. The monoisotopic (exact) mass is 714 g/mol. The van der Waals surface area contributed by atoms with Gasteiger partial charge in [0.05, 0.1) is 19.4 Å². The minimum absolute atomic E-state index is 0.0597. The maximum absolute atomic E-state index is 13.7. The molecule has 0 aliphatic carbocycles. The van der Waals surface area contributed by atoms with Crippen LogP contribution in [0.3, 0.4) is 0 Å². The van der Waals surface area contributed by atoms with Crippen LogP contribution < -0.4 is 15.4 Å². The number of benzene rings is 1. The van der Waals surface area contributed by atoms with Gasteiger partial charge in [-0.3, -0.25) is 19.2 Å². The average Bonchev–Trinajstić information content (AvgIpc) is 3.09. The Labute approximate surface area is 300 Å². The minimum Gasteiger partial charge on any atom is -0.481 e. The van der Waals surface area contributed by atoms with Crippen molar-refractivity contribution >= 4 is 35.5 Å². The number of hydrogen-bond donors (Lipinski definition) is 5. The van der Waals surface area contributed by atoms with Crippen molar-refractivity contribution in [1.82, 2.24) is 10.6 Å². The van der Waals surface area contributed by atoms with Crippen molar-refractivity contribution in [3.05, 3.63) is 42.0 Å². The number of carboxylic acid groups (broad SMARTS) is 2. The first-order chi connectivity index (χ1) is 24.4. The molecule has 3 atom stereocenters. The number of rotatable bonds is 27. The number of carboxylic acids is 2. The van der Waals surface area contributed by atoms with E-state index in [4.69, 9.17) is 14.6 Å². The van der Waals surface area contributed by atoms with Gasteiger partial charge in [-0.1, -0.05) is 75.7 Å². The summed E-state index contributed by atoms with van der Waals surface area (Å²) in [6.07, 6.45) is 11.5. The summed E-state index contributed by atoms with van der Waals surface area (Å²) >= 11 is 0. The molecule has 51 heavy (non-hydrogen) atoms. The molecule has 13 nitrogen and oxygen atoms in total. The van der Waals surface area contributed by atoms with E-state index in [9.17, 15) is 39.0 Å². The second-order valence-corrected chi connectivity index (χ2v) is 12.3. The zero-order valence-corrected chi connectivity index (χ0v) is 30.0. The summed E-state index contributed by atoms with van der Waals surface area (Å²) in [6, 6.07) is 5.34. The molecule has 0 unspecified atom stereocenters. The number of hydrogen-bond acceptors (Lipinski definition) is 9. The lowest BCUT2D eigenvalue weighted by molar-refractivity contribution is -0.169. The third-order valence-corrected chi connectivity index (χ3v) is 8.15. The van der Waals surface area contributed by atoms with Crippen molar-refractivity contribution < 1.29 is 53.6 Å². The summed E-state index contributed by atoms with van der Waals surface area (Å²) < 4.78 is 10.4. The second kappa shape index (κ2) is 25.3. The highest BCUT2D eigenvalue weighted by Gasteiger charge is 2.49. The zero-order valence-electron chi connectivity index (χ0n) is 30.0. The van der Waals surface area contributed by atoms with Crippen LogP contribution in [-0.2, 0) is 39.9 Å². The van der Waals surface area contributed by atoms with Gasteiger partial charge in [-0.05, 0) is 50.3 Å². The van der Waals surface area contributed by atoms with Crippen molar-refractivity contribution in [1.29, 1.82) is 0 Å². The fraction of sp³-hybridized carbons (Fsp3) is 0.579. The molecule has 0 aliphatic heterocycles. The van der Waals surface area contributed by atoms with Gasteiger partial charge in [-0.2, -0.15) is 0 Å². The van der Waals surface area contributed by atoms with E-state index in [1.54, 1.807) is 31.2 Å². The van der Waals surface area contributed by atoms with Crippen molar-refractivity contribution in [2.24, 2.45) is 5.92 Å². The molecule has 13 heteroatoms. The van der Waals surface area contributed by atoms with E-state index in [0.29, 0.717) is 37.0 Å². The van der Waals surface area contributed by atoms with Gasteiger partial charge in [0.2, 0.25) is 11.8 Å². The highest BCUT2D eigenvalue weighted by molar-refractivity contribution is 5.96. The van der Waals surface area contributed by atoms with Crippen LogP contribution in [0.4, 0.5) is 0 Å². The Morgan fingerprint density at radius 1 is 0.922 bits per heavy atom. The van der Waals surface area contributed by atoms with Crippen LogP contribution >= 0.6 is 0 Å². The number of methoxy groups -OCH3 is 1. The molecule has 0 fully saturated rings. The number of Topliss-reactive ketones (excluding diaryl/α,β-unsaturated/α-hetero) is 1. The SMILES string of the molecule is CC#CCOc1ccc(C[C@H](NC(=O)[C@@H](C=CCCCCCCC(=O)CCCCCCC)[C@@](O)(CC(=O)NCC(=O)O)C(=O)O)C(=O)OC)cc1. The molecule has 282 valence electrons. The average molecular weight is 715 g/mol. The van der Waals surface area contributed by atoms with Crippen molar-refractivity contribution in [3.63, 3.8) is 0 Å². The molecular weight excluding hydrogens is 660 g/mol. The van der Waals surface area contributed by atoms with Gasteiger partial charge in [-0.15, -0.1) is 5.92 Å². The van der Waals surface area contributed by atoms with Gasteiger partial charge in [-0.25, -0.2) is 9.59 Å². The lowest BCUT2D eigenvalue weighted by Crippen LogP contribution is -2.56. The number of aliphatic carboxylic acids is 2. The topological polar surface area (TPSA) is 206 Å². The molecule has 1 aromatic carbocycles. The van der Waals surface area contributed by atoms with E-state index in [1.165, 1.54) is 18.6 Å². The Balaban J connectivity index is 3.04. The van der Waals surface area contributed by atoms with Crippen molar-refractivity contribution in [3.8, 4) is 17.6 Å². The minimum atomic E-state index is -3.00. The van der Waals surface area contributed by atoms with Gasteiger partial charge in [0.1, 0.15) is 30.7 Å². The molecule has 5 N–H and O–H groups in total. The number of carbonyl (C=O) groups is 6. The normalized spacial score (nSPS) is 13.2. The molecule has 0 aliphatic rings. The van der Waals surface area contributed by atoms with Crippen molar-refractivity contribution in [2.45, 2.75) is 115 Å².